The molecule has 0 spiro atoms. The average Bonchev–Trinajstić information content (AvgIpc) is 3.47. The number of H-pyrrole nitrogens is 1. The van der Waals surface area contributed by atoms with E-state index in [-0.39, 0.29) is 17.9 Å². The lowest BCUT2D eigenvalue weighted by Crippen LogP contribution is -2.32. The van der Waals surface area contributed by atoms with Gasteiger partial charge in [-0.15, -0.1) is 0 Å². The Labute approximate surface area is 169 Å². The lowest BCUT2D eigenvalue weighted by Gasteiger charge is -2.23. The van der Waals surface area contributed by atoms with Gasteiger partial charge in [-0.05, 0) is 49.1 Å². The molecule has 1 unspecified atom stereocenters. The third-order valence-corrected chi connectivity index (χ3v) is 5.97. The smallest absolute Gasteiger partial charge is 0.227 e. The van der Waals surface area contributed by atoms with Gasteiger partial charge in [-0.3, -0.25) is 9.59 Å². The summed E-state index contributed by atoms with van der Waals surface area (Å²) in [6.45, 7) is 1.55. The molecule has 3 heterocycles. The Balaban J connectivity index is 1.30. The molecule has 0 saturated carbocycles. The zero-order valence-electron chi connectivity index (χ0n) is 16.3. The normalized spacial score (nSPS) is 19.4. The molecule has 2 fully saturated rings. The summed E-state index contributed by atoms with van der Waals surface area (Å²) < 4.78 is 0. The summed E-state index contributed by atoms with van der Waals surface area (Å²) in [4.78, 5) is 36.8. The van der Waals surface area contributed by atoms with Gasteiger partial charge in [0, 0.05) is 25.2 Å². The zero-order valence-corrected chi connectivity index (χ0v) is 16.3. The molecule has 29 heavy (non-hydrogen) atoms. The molecule has 6 nitrogen and oxygen atoms in total. The molecule has 6 heteroatoms. The highest BCUT2D eigenvalue weighted by atomic mass is 16.2. The number of nitrogens with zero attached hydrogens (tertiary/aromatic N) is 3. The summed E-state index contributed by atoms with van der Waals surface area (Å²) in [6.07, 6.45) is 3.82. The van der Waals surface area contributed by atoms with Crippen molar-refractivity contribution in [3.05, 3.63) is 59.9 Å². The number of nitrogens with one attached hydrogen (secondary N) is 1. The van der Waals surface area contributed by atoms with Crippen molar-refractivity contribution in [1.29, 1.82) is 0 Å². The Kier molecular flexibility index (Phi) is 4.54. The lowest BCUT2D eigenvalue weighted by molar-refractivity contribution is -0.131. The number of amides is 2. The molecule has 148 valence electrons. The van der Waals surface area contributed by atoms with Crippen LogP contribution in [0.3, 0.4) is 0 Å². The Morgan fingerprint density at radius 1 is 1.07 bits per heavy atom. The van der Waals surface area contributed by atoms with Gasteiger partial charge in [0.2, 0.25) is 11.8 Å². The first-order valence-corrected chi connectivity index (χ1v) is 10.3. The number of hydrogen-bond acceptors (Lipinski definition) is 3. The van der Waals surface area contributed by atoms with Gasteiger partial charge < -0.3 is 14.8 Å². The van der Waals surface area contributed by atoms with Crippen molar-refractivity contribution < 1.29 is 9.59 Å². The number of aromatic nitrogens is 2. The van der Waals surface area contributed by atoms with Gasteiger partial charge in [0.05, 0.1) is 23.5 Å². The van der Waals surface area contributed by atoms with Crippen LogP contribution < -0.4 is 4.90 Å². The molecule has 0 bridgehead atoms. The van der Waals surface area contributed by atoms with Crippen LogP contribution >= 0.6 is 0 Å². The Hall–Kier alpha value is -3.15. The van der Waals surface area contributed by atoms with Crippen molar-refractivity contribution in [3.8, 4) is 0 Å². The van der Waals surface area contributed by atoms with Crippen LogP contribution in [0.5, 0.6) is 0 Å². The number of imidazole rings is 1. The number of hydrogen-bond donors (Lipinski definition) is 1. The highest BCUT2D eigenvalue weighted by Crippen LogP contribution is 2.32. The standard InChI is InChI=1S/C23H24N4O2/c28-21-8-4-13-26(21)17-11-9-16(10-12-17)15-22(29)27-14-3-7-20(27)23-24-18-5-1-2-6-19(18)25-23/h1-2,5-6,9-12,20H,3-4,7-8,13-15H2,(H,24,25). The molecule has 2 saturated heterocycles. The minimum atomic E-state index is 0.0106. The van der Waals surface area contributed by atoms with E-state index in [9.17, 15) is 9.59 Å². The van der Waals surface area contributed by atoms with Crippen LogP contribution in [0.15, 0.2) is 48.5 Å². The van der Waals surface area contributed by atoms with Crippen LogP contribution in [0.25, 0.3) is 11.0 Å². The van der Waals surface area contributed by atoms with Gasteiger partial charge in [-0.2, -0.15) is 0 Å². The predicted molar refractivity (Wildman–Crippen MR) is 112 cm³/mol. The van der Waals surface area contributed by atoms with Gasteiger partial charge in [0.25, 0.3) is 0 Å². The molecule has 0 aliphatic carbocycles. The average molecular weight is 388 g/mol. The van der Waals surface area contributed by atoms with E-state index in [1.54, 1.807) is 0 Å². The van der Waals surface area contributed by atoms with Crippen molar-refractivity contribution in [1.82, 2.24) is 14.9 Å². The molecular weight excluding hydrogens is 364 g/mol. The summed E-state index contributed by atoms with van der Waals surface area (Å²) in [5, 5.41) is 0. The van der Waals surface area contributed by atoms with Crippen LogP contribution in [-0.4, -0.2) is 39.8 Å². The van der Waals surface area contributed by atoms with Crippen LogP contribution in [-0.2, 0) is 16.0 Å². The van der Waals surface area contributed by atoms with Crippen LogP contribution in [0, 0.1) is 0 Å². The van der Waals surface area contributed by atoms with Crippen LogP contribution in [0.2, 0.25) is 0 Å². The summed E-state index contributed by atoms with van der Waals surface area (Å²) in [7, 11) is 0. The fraction of sp³-hybridized carbons (Fsp3) is 0.348. The van der Waals surface area contributed by atoms with E-state index in [2.05, 4.69) is 4.98 Å². The van der Waals surface area contributed by atoms with Gasteiger partial charge in [0.1, 0.15) is 5.82 Å². The van der Waals surface area contributed by atoms with E-state index in [0.717, 1.165) is 60.5 Å². The summed E-state index contributed by atoms with van der Waals surface area (Å²) >= 11 is 0. The minimum absolute atomic E-state index is 0.0106. The van der Waals surface area contributed by atoms with Crippen LogP contribution in [0.1, 0.15) is 43.1 Å². The number of carbonyl (C=O) groups is 2. The van der Waals surface area contributed by atoms with Crippen molar-refractivity contribution in [2.45, 2.75) is 38.1 Å². The number of likely N-dealkylation sites (tertiary alicyclic amines) is 1. The van der Waals surface area contributed by atoms with E-state index in [1.165, 1.54) is 0 Å². The van der Waals surface area contributed by atoms with Crippen LogP contribution in [0.4, 0.5) is 5.69 Å². The van der Waals surface area contributed by atoms with E-state index in [1.807, 2.05) is 58.3 Å². The van der Waals surface area contributed by atoms with Crippen molar-refractivity contribution in [2.24, 2.45) is 0 Å². The molecule has 3 aromatic rings. The third-order valence-electron chi connectivity index (χ3n) is 5.97. The summed E-state index contributed by atoms with van der Waals surface area (Å²) in [5.41, 5.74) is 3.84. The van der Waals surface area contributed by atoms with Crippen molar-refractivity contribution >= 4 is 28.5 Å². The topological polar surface area (TPSA) is 69.3 Å². The molecule has 2 aliphatic heterocycles. The van der Waals surface area contributed by atoms with E-state index >= 15 is 0 Å². The third kappa shape index (κ3) is 3.39. The van der Waals surface area contributed by atoms with E-state index in [4.69, 9.17) is 4.98 Å². The first-order chi connectivity index (χ1) is 14.2. The van der Waals surface area contributed by atoms with Gasteiger partial charge in [0.15, 0.2) is 0 Å². The van der Waals surface area contributed by atoms with Gasteiger partial charge in [-0.1, -0.05) is 24.3 Å². The highest BCUT2D eigenvalue weighted by Gasteiger charge is 2.32. The summed E-state index contributed by atoms with van der Waals surface area (Å²) in [6, 6.07) is 15.8. The molecule has 5 rings (SSSR count). The maximum absolute atomic E-state index is 13.0. The van der Waals surface area contributed by atoms with Crippen molar-refractivity contribution in [2.75, 3.05) is 18.0 Å². The molecule has 1 atom stereocenters. The number of rotatable bonds is 4. The second kappa shape index (κ2) is 7.35. The fourth-order valence-electron chi connectivity index (χ4n) is 4.47. The first-order valence-electron chi connectivity index (χ1n) is 10.3. The van der Waals surface area contributed by atoms with E-state index in [0.29, 0.717) is 12.8 Å². The first kappa shape index (κ1) is 17.9. The largest absolute Gasteiger partial charge is 0.340 e. The zero-order chi connectivity index (χ0) is 19.8. The maximum Gasteiger partial charge on any atom is 0.227 e. The lowest BCUT2D eigenvalue weighted by atomic mass is 10.1. The Morgan fingerprint density at radius 2 is 1.90 bits per heavy atom. The number of anilines is 1. The second-order valence-electron chi connectivity index (χ2n) is 7.88. The minimum Gasteiger partial charge on any atom is -0.340 e. The molecule has 2 amide bonds. The number of aromatic amines is 1. The van der Waals surface area contributed by atoms with Gasteiger partial charge in [-0.25, -0.2) is 4.98 Å². The number of para-hydroxylation sites is 2. The van der Waals surface area contributed by atoms with Gasteiger partial charge >= 0.3 is 0 Å². The predicted octanol–water partition coefficient (Wildman–Crippen LogP) is 3.60. The summed E-state index contributed by atoms with van der Waals surface area (Å²) in [5.74, 6) is 1.18. The second-order valence-corrected chi connectivity index (χ2v) is 7.88. The molecule has 1 N–H and O–H groups in total. The SMILES string of the molecule is O=C1CCCN1c1ccc(CC(=O)N2CCCC2c2nc3ccccc3[nH]2)cc1. The maximum atomic E-state index is 13.0. The Morgan fingerprint density at radius 3 is 2.66 bits per heavy atom. The number of benzene rings is 2. The quantitative estimate of drug-likeness (QED) is 0.742. The molecular formula is C23H24N4O2. The monoisotopic (exact) mass is 388 g/mol. The fourth-order valence-corrected chi connectivity index (χ4v) is 4.47. The van der Waals surface area contributed by atoms with Crippen molar-refractivity contribution in [3.63, 3.8) is 0 Å². The highest BCUT2D eigenvalue weighted by molar-refractivity contribution is 5.95. The molecule has 0 radical (unpaired) electrons. The number of fused-ring (bicyclic) bond motifs is 1. The van der Waals surface area contributed by atoms with E-state index < -0.39 is 0 Å². The molecule has 1 aromatic heterocycles. The Bertz CT molecular complexity index is 1020. The number of carbonyl (C=O) groups excluding carboxylic acids is 2. The molecule has 2 aromatic carbocycles. The molecule has 2 aliphatic rings.